The Balaban J connectivity index is 2.55. The molecule has 0 saturated carbocycles. The van der Waals surface area contributed by atoms with Crippen molar-refractivity contribution < 1.29 is 13.2 Å². The molecule has 0 saturated heterocycles. The third kappa shape index (κ3) is 4.04. The fourth-order valence-corrected chi connectivity index (χ4v) is 3.25. The number of aromatic nitrogens is 1. The third-order valence-electron chi connectivity index (χ3n) is 2.73. The van der Waals surface area contributed by atoms with Crippen LogP contribution in [-0.4, -0.2) is 16.6 Å². The van der Waals surface area contributed by atoms with Crippen molar-refractivity contribution in [3.8, 4) is 22.8 Å². The van der Waals surface area contributed by atoms with Crippen LogP contribution in [0, 0.1) is 22.8 Å². The molecule has 0 aliphatic heterocycles. The molecule has 122 valence electrons. The van der Waals surface area contributed by atoms with Gasteiger partial charge in [0.2, 0.25) is 6.19 Å². The van der Waals surface area contributed by atoms with Crippen LogP contribution in [0.3, 0.4) is 0 Å². The number of rotatable bonds is 4. The lowest BCUT2D eigenvalue weighted by Gasteiger charge is -2.13. The van der Waals surface area contributed by atoms with Gasteiger partial charge in [0.15, 0.2) is 0 Å². The SMILES string of the molecule is N#CN=C(N)CSc1nc(-c2cccs2)cc(C(F)(F)F)c1C#N. The van der Waals surface area contributed by atoms with Crippen LogP contribution in [0.2, 0.25) is 0 Å². The van der Waals surface area contributed by atoms with Crippen LogP contribution < -0.4 is 5.73 Å². The second-order valence-corrected chi connectivity index (χ2v) is 6.23. The van der Waals surface area contributed by atoms with Gasteiger partial charge in [-0.2, -0.15) is 28.7 Å². The Morgan fingerprint density at radius 2 is 2.17 bits per heavy atom. The number of nitrogens with two attached hydrogens (primary N) is 1. The van der Waals surface area contributed by atoms with E-state index in [-0.39, 0.29) is 22.3 Å². The molecule has 0 radical (unpaired) electrons. The van der Waals surface area contributed by atoms with Crippen molar-refractivity contribution in [1.82, 2.24) is 4.98 Å². The normalized spacial score (nSPS) is 11.8. The van der Waals surface area contributed by atoms with Gasteiger partial charge in [0.05, 0.1) is 27.5 Å². The molecule has 0 aromatic carbocycles. The Morgan fingerprint density at radius 1 is 1.42 bits per heavy atom. The van der Waals surface area contributed by atoms with Crippen LogP contribution in [-0.2, 0) is 6.18 Å². The van der Waals surface area contributed by atoms with Crippen LogP contribution in [0.25, 0.3) is 10.6 Å². The first-order valence-corrected chi connectivity index (χ1v) is 8.13. The predicted octanol–water partition coefficient (Wildman–Crippen LogP) is 3.63. The van der Waals surface area contributed by atoms with E-state index in [1.807, 2.05) is 0 Å². The highest BCUT2D eigenvalue weighted by molar-refractivity contribution is 8.00. The van der Waals surface area contributed by atoms with Gasteiger partial charge >= 0.3 is 6.18 Å². The topological polar surface area (TPSA) is 98.8 Å². The van der Waals surface area contributed by atoms with Crippen molar-refractivity contribution in [2.24, 2.45) is 10.7 Å². The van der Waals surface area contributed by atoms with Crippen molar-refractivity contribution in [2.75, 3.05) is 5.75 Å². The lowest BCUT2D eigenvalue weighted by Crippen LogP contribution is -2.15. The summed E-state index contributed by atoms with van der Waals surface area (Å²) >= 11 is 2.06. The number of hydrogen-bond acceptors (Lipinski definition) is 6. The minimum absolute atomic E-state index is 0.0551. The van der Waals surface area contributed by atoms with Crippen LogP contribution in [0.15, 0.2) is 33.6 Å². The van der Waals surface area contributed by atoms with E-state index in [0.717, 1.165) is 17.8 Å². The molecular weight excluding hydrogens is 359 g/mol. The standard InChI is InChI=1S/C14H8F3N5S2/c15-14(16,17)9-4-10(11-2-1-3-23-11)22-13(8(9)5-18)24-6-12(20)21-7-19/h1-4H,6H2,(H2,20,21). The highest BCUT2D eigenvalue weighted by atomic mass is 32.2. The van der Waals surface area contributed by atoms with E-state index in [4.69, 9.17) is 16.3 Å². The quantitative estimate of drug-likeness (QED) is 0.385. The molecule has 0 spiro atoms. The van der Waals surface area contributed by atoms with E-state index in [0.29, 0.717) is 4.88 Å². The number of thiophene rings is 1. The number of nitrogens with zero attached hydrogens (tertiary/aromatic N) is 4. The summed E-state index contributed by atoms with van der Waals surface area (Å²) in [5, 5.41) is 19.2. The molecular formula is C14H8F3N5S2. The summed E-state index contributed by atoms with van der Waals surface area (Å²) in [5.41, 5.74) is 3.95. The number of alkyl halides is 3. The number of pyridine rings is 1. The molecule has 2 aromatic rings. The maximum absolute atomic E-state index is 13.3. The summed E-state index contributed by atoms with van der Waals surface area (Å²) < 4.78 is 39.8. The second kappa shape index (κ2) is 7.34. The van der Waals surface area contributed by atoms with Gasteiger partial charge in [0, 0.05) is 0 Å². The summed E-state index contributed by atoms with van der Waals surface area (Å²) in [5.74, 6) is -0.122. The second-order valence-electron chi connectivity index (χ2n) is 4.31. The van der Waals surface area contributed by atoms with Crippen molar-refractivity contribution >= 4 is 28.9 Å². The highest BCUT2D eigenvalue weighted by Gasteiger charge is 2.36. The van der Waals surface area contributed by atoms with E-state index in [9.17, 15) is 13.2 Å². The zero-order valence-electron chi connectivity index (χ0n) is 11.8. The van der Waals surface area contributed by atoms with Crippen LogP contribution >= 0.6 is 23.1 Å². The monoisotopic (exact) mass is 367 g/mol. The first-order chi connectivity index (χ1) is 11.4. The molecule has 0 amide bonds. The van der Waals surface area contributed by atoms with Gasteiger partial charge in [-0.05, 0) is 17.5 Å². The average Bonchev–Trinajstić information content (AvgIpc) is 3.05. The number of hydrogen-bond donors (Lipinski definition) is 1. The minimum Gasteiger partial charge on any atom is -0.386 e. The number of nitriles is 2. The molecule has 0 unspecified atom stereocenters. The van der Waals surface area contributed by atoms with Gasteiger partial charge in [-0.1, -0.05) is 17.8 Å². The Labute approximate surface area is 143 Å². The van der Waals surface area contributed by atoms with Gasteiger partial charge in [-0.25, -0.2) is 4.98 Å². The molecule has 0 atom stereocenters. The predicted molar refractivity (Wildman–Crippen MR) is 85.2 cm³/mol. The highest BCUT2D eigenvalue weighted by Crippen LogP contribution is 2.38. The number of aliphatic imine (C=N–C) groups is 1. The zero-order valence-corrected chi connectivity index (χ0v) is 13.5. The van der Waals surface area contributed by atoms with Crippen molar-refractivity contribution in [3.05, 3.63) is 34.7 Å². The molecule has 0 fully saturated rings. The first-order valence-electron chi connectivity index (χ1n) is 6.27. The van der Waals surface area contributed by atoms with Gasteiger partial charge < -0.3 is 5.73 Å². The van der Waals surface area contributed by atoms with Gasteiger partial charge in [0.1, 0.15) is 16.9 Å². The molecule has 0 bridgehead atoms. The Hall–Kier alpha value is -2.56. The van der Waals surface area contributed by atoms with Crippen LogP contribution in [0.1, 0.15) is 11.1 Å². The third-order valence-corrected chi connectivity index (χ3v) is 4.63. The van der Waals surface area contributed by atoms with Gasteiger partial charge in [-0.15, -0.1) is 11.3 Å². The molecule has 24 heavy (non-hydrogen) atoms. The maximum atomic E-state index is 13.3. The number of halogens is 3. The fraction of sp³-hybridized carbons (Fsp3) is 0.143. The van der Waals surface area contributed by atoms with Crippen molar-refractivity contribution in [1.29, 1.82) is 10.5 Å². The molecule has 2 N–H and O–H groups in total. The summed E-state index contributed by atoms with van der Waals surface area (Å²) in [6, 6.07) is 5.75. The van der Waals surface area contributed by atoms with E-state index in [1.165, 1.54) is 17.5 Å². The summed E-state index contributed by atoms with van der Waals surface area (Å²) in [6.07, 6.45) is -3.21. The van der Waals surface area contributed by atoms with Gasteiger partial charge in [0.25, 0.3) is 0 Å². The van der Waals surface area contributed by atoms with Crippen molar-refractivity contribution in [3.63, 3.8) is 0 Å². The van der Waals surface area contributed by atoms with E-state index in [2.05, 4.69) is 9.98 Å². The van der Waals surface area contributed by atoms with Gasteiger partial charge in [-0.3, -0.25) is 0 Å². The van der Waals surface area contributed by atoms with Crippen LogP contribution in [0.5, 0.6) is 0 Å². The first kappa shape index (κ1) is 17.8. The zero-order chi connectivity index (χ0) is 17.7. The fourth-order valence-electron chi connectivity index (χ4n) is 1.75. The van der Waals surface area contributed by atoms with Crippen molar-refractivity contribution in [2.45, 2.75) is 11.2 Å². The molecule has 0 aliphatic carbocycles. The Bertz CT molecular complexity index is 845. The molecule has 2 rings (SSSR count). The number of thioether (sulfide) groups is 1. The largest absolute Gasteiger partial charge is 0.417 e. The van der Waals surface area contributed by atoms with Crippen LogP contribution in [0.4, 0.5) is 13.2 Å². The Kier molecular flexibility index (Phi) is 5.44. The van der Waals surface area contributed by atoms with E-state index in [1.54, 1.807) is 23.6 Å². The molecule has 2 heterocycles. The number of amidine groups is 1. The molecule has 10 heteroatoms. The summed E-state index contributed by atoms with van der Waals surface area (Å²) in [6.45, 7) is 0. The lowest BCUT2D eigenvalue weighted by molar-refractivity contribution is -0.138. The maximum Gasteiger partial charge on any atom is 0.417 e. The molecule has 2 aromatic heterocycles. The Morgan fingerprint density at radius 3 is 2.71 bits per heavy atom. The molecule has 0 aliphatic rings. The minimum atomic E-state index is -4.69. The smallest absolute Gasteiger partial charge is 0.386 e. The molecule has 5 nitrogen and oxygen atoms in total. The van der Waals surface area contributed by atoms with E-state index < -0.39 is 17.3 Å². The summed E-state index contributed by atoms with van der Waals surface area (Å²) in [4.78, 5) is 7.98. The summed E-state index contributed by atoms with van der Waals surface area (Å²) in [7, 11) is 0. The van der Waals surface area contributed by atoms with E-state index >= 15 is 0 Å². The lowest BCUT2D eigenvalue weighted by atomic mass is 10.1. The average molecular weight is 367 g/mol.